The first-order valence-electron chi connectivity index (χ1n) is 8.64. The second-order valence-corrected chi connectivity index (χ2v) is 5.92. The molecular formula is C18H22N6O3. The minimum Gasteiger partial charge on any atom is -0.464 e. The van der Waals surface area contributed by atoms with Crippen LogP contribution in [0.2, 0.25) is 0 Å². The summed E-state index contributed by atoms with van der Waals surface area (Å²) >= 11 is 0. The molecule has 9 heteroatoms. The topological polar surface area (TPSA) is 104 Å². The third-order valence-electron chi connectivity index (χ3n) is 3.89. The van der Waals surface area contributed by atoms with Crippen molar-refractivity contribution in [3.05, 3.63) is 35.4 Å². The fourth-order valence-electron chi connectivity index (χ4n) is 2.70. The van der Waals surface area contributed by atoms with Crippen molar-refractivity contribution < 1.29 is 14.3 Å². The van der Waals surface area contributed by atoms with Gasteiger partial charge in [0.25, 0.3) is 0 Å². The summed E-state index contributed by atoms with van der Waals surface area (Å²) in [4.78, 5) is 25.4. The van der Waals surface area contributed by atoms with Crippen molar-refractivity contribution in [1.29, 1.82) is 0 Å². The van der Waals surface area contributed by atoms with E-state index in [9.17, 15) is 4.79 Å². The van der Waals surface area contributed by atoms with Crippen molar-refractivity contribution in [1.82, 2.24) is 24.7 Å². The van der Waals surface area contributed by atoms with Crippen LogP contribution in [-0.4, -0.2) is 51.0 Å². The Labute approximate surface area is 156 Å². The first-order valence-corrected chi connectivity index (χ1v) is 8.64. The molecule has 3 heterocycles. The zero-order valence-electron chi connectivity index (χ0n) is 15.8. The lowest BCUT2D eigenvalue weighted by molar-refractivity contribution is 0.0594. The predicted molar refractivity (Wildman–Crippen MR) is 100 cm³/mol. The molecule has 0 atom stereocenters. The summed E-state index contributed by atoms with van der Waals surface area (Å²) in [5, 5.41) is 7.61. The van der Waals surface area contributed by atoms with Gasteiger partial charge in [0.05, 0.1) is 20.3 Å². The average molecular weight is 370 g/mol. The molecule has 3 aromatic heterocycles. The molecule has 0 fully saturated rings. The lowest BCUT2D eigenvalue weighted by Crippen LogP contribution is -2.10. The van der Waals surface area contributed by atoms with Gasteiger partial charge in [-0.1, -0.05) is 0 Å². The molecule has 0 aliphatic rings. The minimum absolute atomic E-state index is 0.148. The highest BCUT2D eigenvalue weighted by Gasteiger charge is 2.23. The molecule has 0 radical (unpaired) electrons. The van der Waals surface area contributed by atoms with E-state index in [1.807, 2.05) is 26.0 Å². The number of aromatic nitrogens is 5. The zero-order chi connectivity index (χ0) is 19.4. The molecule has 3 rings (SSSR count). The molecular weight excluding hydrogens is 348 g/mol. The van der Waals surface area contributed by atoms with E-state index in [-0.39, 0.29) is 5.69 Å². The van der Waals surface area contributed by atoms with Gasteiger partial charge in [0.1, 0.15) is 22.7 Å². The van der Waals surface area contributed by atoms with Crippen LogP contribution >= 0.6 is 0 Å². The third kappa shape index (κ3) is 4.03. The summed E-state index contributed by atoms with van der Waals surface area (Å²) in [5.74, 6) is 1.13. The highest BCUT2D eigenvalue weighted by Crippen LogP contribution is 2.26. The number of carbonyl (C=O) groups is 1. The van der Waals surface area contributed by atoms with Crippen molar-refractivity contribution in [2.24, 2.45) is 0 Å². The van der Waals surface area contributed by atoms with Crippen molar-refractivity contribution in [3.63, 3.8) is 0 Å². The van der Waals surface area contributed by atoms with Gasteiger partial charge in [-0.3, -0.25) is 4.68 Å². The molecule has 0 bridgehead atoms. The summed E-state index contributed by atoms with van der Waals surface area (Å²) in [6.07, 6.45) is 1.72. The van der Waals surface area contributed by atoms with Gasteiger partial charge in [0, 0.05) is 12.8 Å². The summed E-state index contributed by atoms with van der Waals surface area (Å²) in [6, 6.07) is 3.82. The first-order chi connectivity index (χ1) is 13.0. The van der Waals surface area contributed by atoms with Crippen molar-refractivity contribution >= 4 is 28.6 Å². The SMILES string of the molecule is CCOCCn1nc(C(=O)OC)c2nc(C)nc(Nc3cc(C)ccn3)c21. The van der Waals surface area contributed by atoms with E-state index in [4.69, 9.17) is 9.47 Å². The summed E-state index contributed by atoms with van der Waals surface area (Å²) in [7, 11) is 1.32. The summed E-state index contributed by atoms with van der Waals surface area (Å²) in [6.45, 7) is 7.15. The second-order valence-electron chi connectivity index (χ2n) is 5.92. The van der Waals surface area contributed by atoms with Crippen molar-refractivity contribution in [3.8, 4) is 0 Å². The van der Waals surface area contributed by atoms with Gasteiger partial charge in [-0.05, 0) is 38.5 Å². The van der Waals surface area contributed by atoms with Crippen LogP contribution in [0.3, 0.4) is 0 Å². The number of nitrogens with zero attached hydrogens (tertiary/aromatic N) is 5. The highest BCUT2D eigenvalue weighted by molar-refractivity contribution is 6.03. The first kappa shape index (κ1) is 18.7. The molecule has 0 aromatic carbocycles. The zero-order valence-corrected chi connectivity index (χ0v) is 15.8. The number of pyridine rings is 1. The van der Waals surface area contributed by atoms with E-state index in [2.05, 4.69) is 25.4 Å². The number of methoxy groups -OCH3 is 1. The molecule has 27 heavy (non-hydrogen) atoms. The number of anilines is 2. The largest absolute Gasteiger partial charge is 0.464 e. The molecule has 3 aromatic rings. The Morgan fingerprint density at radius 2 is 2.11 bits per heavy atom. The lowest BCUT2D eigenvalue weighted by atomic mass is 10.3. The van der Waals surface area contributed by atoms with Crippen LogP contribution in [-0.2, 0) is 16.0 Å². The Hall–Kier alpha value is -3.07. The summed E-state index contributed by atoms with van der Waals surface area (Å²) < 4.78 is 11.9. The van der Waals surface area contributed by atoms with E-state index < -0.39 is 5.97 Å². The molecule has 142 valence electrons. The second kappa shape index (κ2) is 8.09. The molecule has 0 aliphatic heterocycles. The van der Waals surface area contributed by atoms with Gasteiger partial charge < -0.3 is 14.8 Å². The van der Waals surface area contributed by atoms with Crippen molar-refractivity contribution in [2.75, 3.05) is 25.6 Å². The fourth-order valence-corrected chi connectivity index (χ4v) is 2.70. The molecule has 0 amide bonds. The van der Waals surface area contributed by atoms with Gasteiger partial charge in [-0.25, -0.2) is 19.7 Å². The number of carbonyl (C=O) groups excluding carboxylic acids is 1. The van der Waals surface area contributed by atoms with E-state index in [0.29, 0.717) is 48.3 Å². The number of aryl methyl sites for hydroxylation is 2. The van der Waals surface area contributed by atoms with Crippen LogP contribution in [0, 0.1) is 13.8 Å². The Morgan fingerprint density at radius 1 is 1.30 bits per heavy atom. The molecule has 0 aliphatic carbocycles. The smallest absolute Gasteiger partial charge is 0.360 e. The maximum atomic E-state index is 12.2. The Bertz CT molecular complexity index is 969. The van der Waals surface area contributed by atoms with E-state index in [1.54, 1.807) is 17.8 Å². The molecule has 0 spiro atoms. The standard InChI is InChI=1S/C18H22N6O3/c1-5-27-9-8-24-16-14(15(23-24)18(25)26-4)20-12(3)21-17(16)22-13-10-11(2)6-7-19-13/h6-7,10H,5,8-9H2,1-4H3,(H,19,20,21,22). The normalized spacial score (nSPS) is 11.0. The van der Waals surface area contributed by atoms with E-state index in [0.717, 1.165) is 5.56 Å². The van der Waals surface area contributed by atoms with Gasteiger partial charge in [0.2, 0.25) is 0 Å². The van der Waals surface area contributed by atoms with E-state index >= 15 is 0 Å². The van der Waals surface area contributed by atoms with Gasteiger partial charge >= 0.3 is 5.97 Å². The number of fused-ring (bicyclic) bond motifs is 1. The van der Waals surface area contributed by atoms with E-state index in [1.165, 1.54) is 7.11 Å². The highest BCUT2D eigenvalue weighted by atomic mass is 16.5. The molecule has 0 saturated carbocycles. The Balaban J connectivity index is 2.13. The molecule has 0 saturated heterocycles. The maximum Gasteiger partial charge on any atom is 0.360 e. The number of nitrogens with one attached hydrogen (secondary N) is 1. The predicted octanol–water partition coefficient (Wildman–Crippen LogP) is 2.40. The molecule has 1 N–H and O–H groups in total. The number of hydrogen-bond acceptors (Lipinski definition) is 8. The Morgan fingerprint density at radius 3 is 2.81 bits per heavy atom. The fraction of sp³-hybridized carbons (Fsp3) is 0.389. The van der Waals surface area contributed by atoms with Gasteiger partial charge in [-0.2, -0.15) is 5.10 Å². The number of ether oxygens (including phenoxy) is 2. The lowest BCUT2D eigenvalue weighted by Gasteiger charge is -2.10. The summed E-state index contributed by atoms with van der Waals surface area (Å²) in [5.41, 5.74) is 2.24. The number of rotatable bonds is 7. The van der Waals surface area contributed by atoms with Crippen LogP contribution in [0.5, 0.6) is 0 Å². The Kier molecular flexibility index (Phi) is 5.60. The maximum absolute atomic E-state index is 12.2. The third-order valence-corrected chi connectivity index (χ3v) is 3.89. The van der Waals surface area contributed by atoms with Gasteiger partial charge in [-0.15, -0.1) is 0 Å². The van der Waals surface area contributed by atoms with Crippen LogP contribution in [0.1, 0.15) is 28.8 Å². The van der Waals surface area contributed by atoms with Crippen LogP contribution in [0.4, 0.5) is 11.6 Å². The van der Waals surface area contributed by atoms with Crippen LogP contribution in [0.25, 0.3) is 11.0 Å². The monoisotopic (exact) mass is 370 g/mol. The minimum atomic E-state index is -0.548. The molecule has 9 nitrogen and oxygen atoms in total. The molecule has 0 unspecified atom stereocenters. The van der Waals surface area contributed by atoms with Crippen LogP contribution < -0.4 is 5.32 Å². The number of hydrogen-bond donors (Lipinski definition) is 1. The van der Waals surface area contributed by atoms with Gasteiger partial charge in [0.15, 0.2) is 11.5 Å². The van der Waals surface area contributed by atoms with Crippen molar-refractivity contribution in [2.45, 2.75) is 27.3 Å². The quantitative estimate of drug-likeness (QED) is 0.499. The van der Waals surface area contributed by atoms with Crippen LogP contribution in [0.15, 0.2) is 18.3 Å². The average Bonchev–Trinajstić information content (AvgIpc) is 3.00. The number of esters is 1.